The third-order valence-corrected chi connectivity index (χ3v) is 3.86. The number of benzene rings is 1. The number of nitrogens with zero attached hydrogens (tertiary/aromatic N) is 1. The van der Waals surface area contributed by atoms with E-state index in [2.05, 4.69) is 10.3 Å². The number of halogens is 2. The van der Waals surface area contributed by atoms with Crippen molar-refractivity contribution < 1.29 is 9.53 Å². The quantitative estimate of drug-likeness (QED) is 0.786. The van der Waals surface area contributed by atoms with E-state index in [1.807, 2.05) is 31.2 Å². The highest BCUT2D eigenvalue weighted by Gasteiger charge is 2.20. The molecule has 0 aliphatic rings. The molecule has 1 aromatic carbocycles. The second-order valence-electron chi connectivity index (χ2n) is 5.20. The monoisotopic (exact) mass is 367 g/mol. The van der Waals surface area contributed by atoms with Gasteiger partial charge in [0, 0.05) is 19.3 Å². The van der Waals surface area contributed by atoms with Crippen molar-refractivity contribution >= 4 is 29.1 Å². The Kier molecular flexibility index (Phi) is 6.85. The molecular formula is C17H19Cl2N3O2. The van der Waals surface area contributed by atoms with Gasteiger partial charge < -0.3 is 15.8 Å². The third kappa shape index (κ3) is 5.09. The third-order valence-electron chi connectivity index (χ3n) is 3.39. The highest BCUT2D eigenvalue weighted by Crippen LogP contribution is 2.25. The lowest BCUT2D eigenvalue weighted by atomic mass is 10.1. The number of carbonyl (C=O) groups excluding carboxylic acids is 1. The fraction of sp³-hybridized carbons (Fsp3) is 0.294. The predicted molar refractivity (Wildman–Crippen MR) is 95.1 cm³/mol. The molecule has 1 amide bonds. The number of ether oxygens (including phenoxy) is 1. The maximum Gasteiger partial charge on any atom is 0.261 e. The van der Waals surface area contributed by atoms with Crippen LogP contribution in [0.4, 0.5) is 0 Å². The summed E-state index contributed by atoms with van der Waals surface area (Å²) in [6, 6.07) is 9.26. The number of carbonyl (C=O) groups is 1. The molecule has 2 rings (SSSR count). The molecule has 0 radical (unpaired) electrons. The molecule has 0 aliphatic carbocycles. The van der Waals surface area contributed by atoms with Crippen LogP contribution in [0.25, 0.3) is 0 Å². The van der Waals surface area contributed by atoms with Gasteiger partial charge in [-0.15, -0.1) is 0 Å². The van der Waals surface area contributed by atoms with Crippen molar-refractivity contribution in [2.45, 2.75) is 32.5 Å². The van der Waals surface area contributed by atoms with Gasteiger partial charge in [0.2, 0.25) is 5.88 Å². The molecule has 0 saturated heterocycles. The van der Waals surface area contributed by atoms with Gasteiger partial charge in [-0.05, 0) is 23.6 Å². The van der Waals surface area contributed by atoms with Crippen LogP contribution in [0, 0.1) is 0 Å². The summed E-state index contributed by atoms with van der Waals surface area (Å²) in [4.78, 5) is 16.3. The number of rotatable bonds is 7. The summed E-state index contributed by atoms with van der Waals surface area (Å²) in [5.41, 5.74) is 7.61. The summed E-state index contributed by atoms with van der Waals surface area (Å²) in [7, 11) is 0. The van der Waals surface area contributed by atoms with Gasteiger partial charge >= 0.3 is 0 Å². The van der Waals surface area contributed by atoms with Gasteiger partial charge in [-0.3, -0.25) is 4.79 Å². The number of hydrogen-bond acceptors (Lipinski definition) is 4. The standard InChI is InChI=1S/C17H19Cl2N3O2/c1-2-15(24-17-14(19)7-13(18)10-22-17)16(23)21-9-12-5-3-4-11(6-12)8-20/h3-7,10,15H,2,8-9,20H2,1H3,(H,21,23)/t15-/m1/s1. The van der Waals surface area contributed by atoms with Crippen LogP contribution in [-0.2, 0) is 17.9 Å². The topological polar surface area (TPSA) is 77.2 Å². The largest absolute Gasteiger partial charge is 0.463 e. The molecule has 0 saturated carbocycles. The molecule has 1 atom stereocenters. The van der Waals surface area contributed by atoms with Crippen LogP contribution in [0.2, 0.25) is 10.0 Å². The number of amides is 1. The van der Waals surface area contributed by atoms with E-state index < -0.39 is 6.10 Å². The molecule has 0 spiro atoms. The summed E-state index contributed by atoms with van der Waals surface area (Å²) in [5.74, 6) is -0.0448. The molecule has 7 heteroatoms. The lowest BCUT2D eigenvalue weighted by Crippen LogP contribution is -2.37. The molecule has 0 fully saturated rings. The maximum absolute atomic E-state index is 12.3. The fourth-order valence-electron chi connectivity index (χ4n) is 2.12. The van der Waals surface area contributed by atoms with Crippen LogP contribution in [0.1, 0.15) is 24.5 Å². The van der Waals surface area contributed by atoms with E-state index in [1.54, 1.807) is 0 Å². The summed E-state index contributed by atoms with van der Waals surface area (Å²) >= 11 is 11.8. The highest BCUT2D eigenvalue weighted by molar-refractivity contribution is 6.35. The first-order chi connectivity index (χ1) is 11.5. The zero-order valence-electron chi connectivity index (χ0n) is 13.3. The Hall–Kier alpha value is -1.82. The van der Waals surface area contributed by atoms with Gasteiger partial charge in [0.15, 0.2) is 6.10 Å². The fourth-order valence-corrected chi connectivity index (χ4v) is 2.54. The van der Waals surface area contributed by atoms with Gasteiger partial charge in [-0.1, -0.05) is 54.4 Å². The number of nitrogens with two attached hydrogens (primary N) is 1. The Labute approximate surface area is 151 Å². The molecule has 128 valence electrons. The molecule has 1 heterocycles. The molecule has 2 aromatic rings. The van der Waals surface area contributed by atoms with E-state index in [1.165, 1.54) is 12.3 Å². The van der Waals surface area contributed by atoms with Crippen molar-refractivity contribution in [1.82, 2.24) is 10.3 Å². The van der Waals surface area contributed by atoms with Crippen molar-refractivity contribution in [2.24, 2.45) is 5.73 Å². The number of nitrogens with one attached hydrogen (secondary N) is 1. The maximum atomic E-state index is 12.3. The van der Waals surface area contributed by atoms with Crippen LogP contribution in [0.5, 0.6) is 5.88 Å². The Bertz CT molecular complexity index is 710. The average molecular weight is 368 g/mol. The predicted octanol–water partition coefficient (Wildman–Crippen LogP) is 3.32. The minimum atomic E-state index is -0.686. The average Bonchev–Trinajstić information content (AvgIpc) is 2.59. The SMILES string of the molecule is CC[C@@H](Oc1ncc(Cl)cc1Cl)C(=O)NCc1cccc(CN)c1. The van der Waals surface area contributed by atoms with Crippen LogP contribution in [-0.4, -0.2) is 17.0 Å². The first-order valence-electron chi connectivity index (χ1n) is 7.56. The highest BCUT2D eigenvalue weighted by atomic mass is 35.5. The van der Waals surface area contributed by atoms with Gasteiger partial charge in [0.1, 0.15) is 5.02 Å². The first kappa shape index (κ1) is 18.5. The van der Waals surface area contributed by atoms with Crippen LogP contribution in [0.15, 0.2) is 36.5 Å². The van der Waals surface area contributed by atoms with E-state index in [-0.39, 0.29) is 16.8 Å². The normalized spacial score (nSPS) is 11.8. The second kappa shape index (κ2) is 8.87. The first-order valence-corrected chi connectivity index (χ1v) is 8.32. The number of pyridine rings is 1. The van der Waals surface area contributed by atoms with E-state index >= 15 is 0 Å². The molecule has 3 N–H and O–H groups in total. The van der Waals surface area contributed by atoms with Crippen molar-refractivity contribution in [1.29, 1.82) is 0 Å². The van der Waals surface area contributed by atoms with Crippen molar-refractivity contribution in [3.05, 3.63) is 57.7 Å². The Morgan fingerprint density at radius 3 is 2.75 bits per heavy atom. The lowest BCUT2D eigenvalue weighted by molar-refractivity contribution is -0.128. The molecule has 0 bridgehead atoms. The molecule has 0 aliphatic heterocycles. The van der Waals surface area contributed by atoms with E-state index in [9.17, 15) is 4.79 Å². The van der Waals surface area contributed by atoms with E-state index in [0.717, 1.165) is 11.1 Å². The van der Waals surface area contributed by atoms with Gasteiger partial charge in [-0.2, -0.15) is 0 Å². The number of aromatic nitrogens is 1. The van der Waals surface area contributed by atoms with Gasteiger partial charge in [0.25, 0.3) is 5.91 Å². The summed E-state index contributed by atoms with van der Waals surface area (Å²) < 4.78 is 5.61. The molecule has 1 aromatic heterocycles. The van der Waals surface area contributed by atoms with Gasteiger partial charge in [0.05, 0.1) is 5.02 Å². The minimum Gasteiger partial charge on any atom is -0.463 e. The molecule has 0 unspecified atom stereocenters. The van der Waals surface area contributed by atoms with Crippen molar-refractivity contribution in [3.8, 4) is 5.88 Å². The van der Waals surface area contributed by atoms with Crippen LogP contribution in [0.3, 0.4) is 0 Å². The summed E-state index contributed by atoms with van der Waals surface area (Å²) in [6.07, 6.45) is 1.22. The minimum absolute atomic E-state index is 0.188. The summed E-state index contributed by atoms with van der Waals surface area (Å²) in [5, 5.41) is 3.53. The van der Waals surface area contributed by atoms with E-state index in [4.69, 9.17) is 33.7 Å². The lowest BCUT2D eigenvalue weighted by Gasteiger charge is -2.17. The Morgan fingerprint density at radius 2 is 2.08 bits per heavy atom. The molecule has 24 heavy (non-hydrogen) atoms. The smallest absolute Gasteiger partial charge is 0.261 e. The Balaban J connectivity index is 1.98. The summed E-state index contributed by atoms with van der Waals surface area (Å²) in [6.45, 7) is 2.71. The van der Waals surface area contributed by atoms with Crippen molar-refractivity contribution in [2.75, 3.05) is 0 Å². The van der Waals surface area contributed by atoms with Gasteiger partial charge in [-0.25, -0.2) is 4.98 Å². The van der Waals surface area contributed by atoms with Crippen molar-refractivity contribution in [3.63, 3.8) is 0 Å². The van der Waals surface area contributed by atoms with Crippen LogP contribution >= 0.6 is 23.2 Å². The second-order valence-corrected chi connectivity index (χ2v) is 6.04. The van der Waals surface area contributed by atoms with E-state index in [0.29, 0.717) is 24.5 Å². The zero-order chi connectivity index (χ0) is 17.5. The Morgan fingerprint density at radius 1 is 1.33 bits per heavy atom. The zero-order valence-corrected chi connectivity index (χ0v) is 14.8. The number of hydrogen-bond donors (Lipinski definition) is 2. The van der Waals surface area contributed by atoms with Crippen LogP contribution < -0.4 is 15.8 Å². The molecule has 5 nitrogen and oxygen atoms in total. The molecular weight excluding hydrogens is 349 g/mol.